The van der Waals surface area contributed by atoms with Gasteiger partial charge in [-0.25, -0.2) is 0 Å². The minimum absolute atomic E-state index is 0.0372. The Morgan fingerprint density at radius 1 is 0.966 bits per heavy atom. The Morgan fingerprint density at radius 2 is 1.69 bits per heavy atom. The highest BCUT2D eigenvalue weighted by Gasteiger charge is 2.16. The normalized spacial score (nSPS) is 10.4. The monoisotopic (exact) mass is 394 g/mol. The average molecular weight is 394 g/mol. The van der Waals surface area contributed by atoms with Crippen molar-refractivity contribution in [3.8, 4) is 22.8 Å². The number of carboxylic acids is 1. The molecule has 0 aliphatic rings. The first-order chi connectivity index (χ1) is 14.0. The van der Waals surface area contributed by atoms with Gasteiger partial charge in [-0.3, -0.25) is 19.7 Å². The van der Waals surface area contributed by atoms with Gasteiger partial charge in [-0.2, -0.15) is 0 Å². The first kappa shape index (κ1) is 20.0. The third-order valence-electron chi connectivity index (χ3n) is 4.49. The summed E-state index contributed by atoms with van der Waals surface area (Å²) in [6.45, 7) is 0. The topological polar surface area (TPSA) is 89.8 Å². The number of carboxylic acid groups (broad SMARTS) is 1. The van der Waals surface area contributed by atoms with Gasteiger partial charge in [-0.05, 0) is 30.3 Å². The number of amides is 1. The van der Waals surface area contributed by atoms with Gasteiger partial charge in [0.2, 0.25) is 0 Å². The maximum absolute atomic E-state index is 12.9. The molecule has 7 nitrogen and oxygen atoms in total. The molecule has 0 atom stereocenters. The largest absolute Gasteiger partial charge is 0.493 e. The quantitative estimate of drug-likeness (QED) is 0.610. The predicted molar refractivity (Wildman–Crippen MR) is 109 cm³/mol. The molecular weight excluding hydrogens is 372 g/mol. The van der Waals surface area contributed by atoms with E-state index in [9.17, 15) is 9.59 Å². The molecular formula is C22H22N2O5. The standard InChI is InChI=1S/C22H22N2O5/c1-28-19-12-8-16(14-20(19)29-2)22(27)23-24-17(10-13-21(25)26)9-11-18(24)15-6-4-3-5-7-15/h3-9,11-12,14H,10,13H2,1-2H3,(H,23,27)(H,25,26). The van der Waals surface area contributed by atoms with E-state index in [1.165, 1.54) is 14.2 Å². The van der Waals surface area contributed by atoms with Gasteiger partial charge in [0.25, 0.3) is 5.91 Å². The van der Waals surface area contributed by atoms with Crippen molar-refractivity contribution < 1.29 is 24.2 Å². The number of carbonyl (C=O) groups excluding carboxylic acids is 1. The van der Waals surface area contributed by atoms with E-state index in [4.69, 9.17) is 14.6 Å². The summed E-state index contributed by atoms with van der Waals surface area (Å²) in [7, 11) is 3.03. The van der Waals surface area contributed by atoms with Gasteiger partial charge in [0.15, 0.2) is 11.5 Å². The van der Waals surface area contributed by atoms with Crippen molar-refractivity contribution in [3.05, 3.63) is 71.9 Å². The van der Waals surface area contributed by atoms with E-state index >= 15 is 0 Å². The molecule has 150 valence electrons. The van der Waals surface area contributed by atoms with Crippen LogP contribution in [-0.4, -0.2) is 35.9 Å². The summed E-state index contributed by atoms with van der Waals surface area (Å²) < 4.78 is 12.1. The second-order valence-corrected chi connectivity index (χ2v) is 6.32. The zero-order chi connectivity index (χ0) is 20.8. The van der Waals surface area contributed by atoms with E-state index in [1.54, 1.807) is 22.9 Å². The van der Waals surface area contributed by atoms with Gasteiger partial charge in [0.1, 0.15) is 0 Å². The fraction of sp³-hybridized carbons (Fsp3) is 0.182. The van der Waals surface area contributed by atoms with Crippen molar-refractivity contribution in [2.45, 2.75) is 12.8 Å². The minimum Gasteiger partial charge on any atom is -0.493 e. The van der Waals surface area contributed by atoms with Crippen molar-refractivity contribution in [2.24, 2.45) is 0 Å². The first-order valence-electron chi connectivity index (χ1n) is 9.04. The van der Waals surface area contributed by atoms with E-state index in [0.29, 0.717) is 22.8 Å². The van der Waals surface area contributed by atoms with Gasteiger partial charge >= 0.3 is 5.97 Å². The number of methoxy groups -OCH3 is 2. The Kier molecular flexibility index (Phi) is 6.19. The Labute approximate surface area is 168 Å². The molecule has 2 N–H and O–H groups in total. The lowest BCUT2D eigenvalue weighted by molar-refractivity contribution is -0.136. The number of aliphatic carboxylic acids is 1. The van der Waals surface area contributed by atoms with Crippen LogP contribution in [0.25, 0.3) is 11.3 Å². The third kappa shape index (κ3) is 4.57. The van der Waals surface area contributed by atoms with Crippen LogP contribution in [0.15, 0.2) is 60.7 Å². The van der Waals surface area contributed by atoms with Crippen molar-refractivity contribution in [1.82, 2.24) is 4.68 Å². The molecule has 1 heterocycles. The van der Waals surface area contributed by atoms with Crippen molar-refractivity contribution >= 4 is 11.9 Å². The number of ether oxygens (including phenoxy) is 2. The van der Waals surface area contributed by atoms with Gasteiger partial charge in [-0.1, -0.05) is 30.3 Å². The number of carbonyl (C=O) groups is 2. The van der Waals surface area contributed by atoms with Crippen molar-refractivity contribution in [2.75, 3.05) is 19.6 Å². The van der Waals surface area contributed by atoms with Crippen LogP contribution >= 0.6 is 0 Å². The number of nitrogens with one attached hydrogen (secondary N) is 1. The van der Waals surface area contributed by atoms with Crippen LogP contribution in [0, 0.1) is 0 Å². The van der Waals surface area contributed by atoms with Crippen molar-refractivity contribution in [3.63, 3.8) is 0 Å². The highest BCUT2D eigenvalue weighted by Crippen LogP contribution is 2.28. The number of aromatic nitrogens is 1. The molecule has 29 heavy (non-hydrogen) atoms. The lowest BCUT2D eigenvalue weighted by Gasteiger charge is -2.16. The molecule has 0 saturated heterocycles. The maximum atomic E-state index is 12.9. The molecule has 7 heteroatoms. The zero-order valence-corrected chi connectivity index (χ0v) is 16.2. The van der Waals surface area contributed by atoms with Gasteiger partial charge in [0.05, 0.1) is 26.3 Å². The first-order valence-corrected chi connectivity index (χ1v) is 9.04. The molecule has 1 amide bonds. The van der Waals surface area contributed by atoms with Gasteiger partial charge in [-0.15, -0.1) is 0 Å². The Bertz CT molecular complexity index is 1010. The summed E-state index contributed by atoms with van der Waals surface area (Å²) in [5, 5.41) is 9.03. The lowest BCUT2D eigenvalue weighted by atomic mass is 10.1. The van der Waals surface area contributed by atoms with Crippen LogP contribution in [0.4, 0.5) is 0 Å². The summed E-state index contributed by atoms with van der Waals surface area (Å²) in [4.78, 5) is 23.9. The van der Waals surface area contributed by atoms with E-state index in [1.807, 2.05) is 42.5 Å². The van der Waals surface area contributed by atoms with Gasteiger partial charge in [0, 0.05) is 23.2 Å². The summed E-state index contributed by atoms with van der Waals surface area (Å²) in [6, 6.07) is 18.1. The highest BCUT2D eigenvalue weighted by atomic mass is 16.5. The molecule has 0 aliphatic carbocycles. The molecule has 0 fully saturated rings. The molecule has 3 rings (SSSR count). The van der Waals surface area contributed by atoms with Crippen LogP contribution < -0.4 is 14.9 Å². The predicted octanol–water partition coefficient (Wildman–Crippen LogP) is 3.57. The molecule has 1 aromatic heterocycles. The summed E-state index contributed by atoms with van der Waals surface area (Å²) in [5.41, 5.74) is 5.63. The van der Waals surface area contributed by atoms with E-state index in [2.05, 4.69) is 5.43 Å². The summed E-state index contributed by atoms with van der Waals surface area (Å²) >= 11 is 0. The molecule has 0 spiro atoms. The molecule has 0 saturated carbocycles. The van der Waals surface area contributed by atoms with Crippen molar-refractivity contribution in [1.29, 1.82) is 0 Å². The number of aryl methyl sites for hydroxylation is 1. The van der Waals surface area contributed by atoms with E-state index in [-0.39, 0.29) is 18.7 Å². The summed E-state index contributed by atoms with van der Waals surface area (Å²) in [5.74, 6) is -0.277. The molecule has 0 aliphatic heterocycles. The Hall–Kier alpha value is -3.74. The number of benzene rings is 2. The van der Waals surface area contributed by atoms with Crippen LogP contribution in [0.1, 0.15) is 22.5 Å². The minimum atomic E-state index is -0.898. The second-order valence-electron chi connectivity index (χ2n) is 6.32. The molecule has 0 bridgehead atoms. The molecule has 2 aromatic carbocycles. The number of hydrogen-bond acceptors (Lipinski definition) is 4. The molecule has 3 aromatic rings. The van der Waals surface area contributed by atoms with Gasteiger partial charge < -0.3 is 14.6 Å². The van der Waals surface area contributed by atoms with Crippen LogP contribution in [-0.2, 0) is 11.2 Å². The average Bonchev–Trinajstić information content (AvgIpc) is 3.14. The Morgan fingerprint density at radius 3 is 2.34 bits per heavy atom. The smallest absolute Gasteiger partial charge is 0.303 e. The third-order valence-corrected chi connectivity index (χ3v) is 4.49. The fourth-order valence-corrected chi connectivity index (χ4v) is 3.02. The maximum Gasteiger partial charge on any atom is 0.303 e. The lowest BCUT2D eigenvalue weighted by Crippen LogP contribution is -2.25. The van der Waals surface area contributed by atoms with Crippen LogP contribution in [0.2, 0.25) is 0 Å². The molecule has 0 radical (unpaired) electrons. The highest BCUT2D eigenvalue weighted by molar-refractivity contribution is 6.01. The van der Waals surface area contributed by atoms with E-state index < -0.39 is 5.97 Å². The fourth-order valence-electron chi connectivity index (χ4n) is 3.02. The molecule has 0 unspecified atom stereocenters. The SMILES string of the molecule is COc1ccc(C(=O)Nn2c(CCC(=O)O)ccc2-c2ccccc2)cc1OC. The zero-order valence-electron chi connectivity index (χ0n) is 16.2. The van der Waals surface area contributed by atoms with Crippen LogP contribution in [0.3, 0.4) is 0 Å². The summed E-state index contributed by atoms with van der Waals surface area (Å²) in [6.07, 6.45) is 0.249. The number of hydrogen-bond donors (Lipinski definition) is 2. The second kappa shape index (κ2) is 8.97. The van der Waals surface area contributed by atoms with Crippen LogP contribution in [0.5, 0.6) is 11.5 Å². The number of rotatable bonds is 8. The number of nitrogens with zero attached hydrogens (tertiary/aromatic N) is 1. The van der Waals surface area contributed by atoms with E-state index in [0.717, 1.165) is 11.3 Å². The Balaban J connectivity index is 1.95.